The third kappa shape index (κ3) is 2.18. The van der Waals surface area contributed by atoms with Crippen molar-refractivity contribution in [2.24, 2.45) is 5.73 Å². The van der Waals surface area contributed by atoms with Crippen molar-refractivity contribution in [3.05, 3.63) is 53.3 Å². The van der Waals surface area contributed by atoms with Crippen LogP contribution < -0.4 is 5.73 Å². The molecule has 94 valence electrons. The molecule has 0 spiro atoms. The molecule has 0 radical (unpaired) electrons. The number of hydrogen-bond donors (Lipinski definition) is 1. The SMILES string of the molecule is CC(N)Cc1cnn(CC2Cc3ccccc32)c1. The molecule has 1 aliphatic rings. The molecule has 2 N–H and O–H groups in total. The number of aromatic nitrogens is 2. The van der Waals surface area contributed by atoms with Crippen LogP contribution in [-0.2, 0) is 19.4 Å². The van der Waals surface area contributed by atoms with Gasteiger partial charge >= 0.3 is 0 Å². The summed E-state index contributed by atoms with van der Waals surface area (Å²) in [5, 5.41) is 4.43. The summed E-state index contributed by atoms with van der Waals surface area (Å²) >= 11 is 0. The second-order valence-corrected chi connectivity index (χ2v) is 5.35. The highest BCUT2D eigenvalue weighted by atomic mass is 15.3. The molecular formula is C15H19N3. The van der Waals surface area contributed by atoms with Crippen LogP contribution in [0.25, 0.3) is 0 Å². The molecule has 18 heavy (non-hydrogen) atoms. The zero-order valence-corrected chi connectivity index (χ0v) is 10.7. The molecule has 2 unspecified atom stereocenters. The Labute approximate surface area is 108 Å². The van der Waals surface area contributed by atoms with Gasteiger partial charge < -0.3 is 5.73 Å². The van der Waals surface area contributed by atoms with E-state index in [1.165, 1.54) is 23.1 Å². The highest BCUT2D eigenvalue weighted by molar-refractivity contribution is 5.39. The fourth-order valence-electron chi connectivity index (χ4n) is 2.73. The minimum absolute atomic E-state index is 0.201. The normalized spacial score (nSPS) is 19.1. The van der Waals surface area contributed by atoms with Crippen LogP contribution in [0.4, 0.5) is 0 Å². The Hall–Kier alpha value is -1.61. The molecule has 2 atom stereocenters. The summed E-state index contributed by atoms with van der Waals surface area (Å²) in [5.41, 5.74) is 10.0. The van der Waals surface area contributed by atoms with Crippen LogP contribution >= 0.6 is 0 Å². The first-order valence-electron chi connectivity index (χ1n) is 6.57. The minimum atomic E-state index is 0.201. The van der Waals surface area contributed by atoms with Gasteiger partial charge in [0.15, 0.2) is 0 Å². The van der Waals surface area contributed by atoms with Gasteiger partial charge in [0.1, 0.15) is 0 Å². The molecule has 0 saturated carbocycles. The molecule has 1 aromatic carbocycles. The van der Waals surface area contributed by atoms with E-state index in [-0.39, 0.29) is 6.04 Å². The fourth-order valence-corrected chi connectivity index (χ4v) is 2.73. The number of hydrogen-bond acceptors (Lipinski definition) is 2. The van der Waals surface area contributed by atoms with Crippen LogP contribution in [0.15, 0.2) is 36.7 Å². The lowest BCUT2D eigenvalue weighted by Crippen LogP contribution is -2.22. The maximum absolute atomic E-state index is 5.80. The van der Waals surface area contributed by atoms with Gasteiger partial charge in [0, 0.05) is 24.7 Å². The Kier molecular flexibility index (Phi) is 2.92. The number of rotatable bonds is 4. The average molecular weight is 241 g/mol. The summed E-state index contributed by atoms with van der Waals surface area (Å²) in [5.74, 6) is 0.629. The van der Waals surface area contributed by atoms with E-state index in [1.807, 2.05) is 13.1 Å². The summed E-state index contributed by atoms with van der Waals surface area (Å²) < 4.78 is 2.05. The zero-order valence-electron chi connectivity index (χ0n) is 10.7. The minimum Gasteiger partial charge on any atom is -0.328 e. The Morgan fingerprint density at radius 3 is 3.06 bits per heavy atom. The molecule has 3 heteroatoms. The van der Waals surface area contributed by atoms with Crippen molar-refractivity contribution in [3.8, 4) is 0 Å². The third-order valence-corrected chi connectivity index (χ3v) is 3.61. The first-order valence-corrected chi connectivity index (χ1v) is 6.57. The van der Waals surface area contributed by atoms with Crippen LogP contribution in [0.5, 0.6) is 0 Å². The van der Waals surface area contributed by atoms with Crippen LogP contribution in [0.3, 0.4) is 0 Å². The second-order valence-electron chi connectivity index (χ2n) is 5.35. The van der Waals surface area contributed by atoms with Crippen molar-refractivity contribution >= 4 is 0 Å². The summed E-state index contributed by atoms with van der Waals surface area (Å²) in [4.78, 5) is 0. The fraction of sp³-hybridized carbons (Fsp3) is 0.400. The quantitative estimate of drug-likeness (QED) is 0.891. The number of benzene rings is 1. The number of nitrogens with two attached hydrogens (primary N) is 1. The lowest BCUT2D eigenvalue weighted by molar-refractivity contribution is 0.475. The van der Waals surface area contributed by atoms with E-state index in [0.29, 0.717) is 5.92 Å². The standard InChI is InChI=1S/C15H19N3/c1-11(16)6-12-8-17-18(9-12)10-14-7-13-4-2-3-5-15(13)14/h2-5,8-9,11,14H,6-7,10,16H2,1H3. The molecule has 2 aromatic rings. The summed E-state index contributed by atoms with van der Waals surface area (Å²) in [6, 6.07) is 8.89. The van der Waals surface area contributed by atoms with Crippen LogP contribution in [0, 0.1) is 0 Å². The van der Waals surface area contributed by atoms with Crippen molar-refractivity contribution in [2.75, 3.05) is 0 Å². The molecule has 3 nitrogen and oxygen atoms in total. The third-order valence-electron chi connectivity index (χ3n) is 3.61. The molecular weight excluding hydrogens is 222 g/mol. The van der Waals surface area contributed by atoms with Crippen molar-refractivity contribution in [3.63, 3.8) is 0 Å². The molecule has 0 amide bonds. The Morgan fingerprint density at radius 1 is 1.44 bits per heavy atom. The first-order chi connectivity index (χ1) is 8.72. The van der Waals surface area contributed by atoms with Gasteiger partial charge in [0.2, 0.25) is 0 Å². The number of nitrogens with zero attached hydrogens (tertiary/aromatic N) is 2. The van der Waals surface area contributed by atoms with E-state index < -0.39 is 0 Å². The summed E-state index contributed by atoms with van der Waals surface area (Å²) in [6.07, 6.45) is 6.15. The van der Waals surface area contributed by atoms with Crippen LogP contribution in [-0.4, -0.2) is 15.8 Å². The van der Waals surface area contributed by atoms with Crippen molar-refractivity contribution in [1.82, 2.24) is 9.78 Å². The van der Waals surface area contributed by atoms with E-state index in [9.17, 15) is 0 Å². The van der Waals surface area contributed by atoms with Gasteiger partial charge in [-0.1, -0.05) is 24.3 Å². The van der Waals surface area contributed by atoms with E-state index in [0.717, 1.165) is 13.0 Å². The maximum Gasteiger partial charge on any atom is 0.0522 e. The van der Waals surface area contributed by atoms with E-state index in [2.05, 4.69) is 40.2 Å². The Balaban J connectivity index is 1.66. The predicted molar refractivity (Wildman–Crippen MR) is 72.5 cm³/mol. The lowest BCUT2D eigenvalue weighted by Gasteiger charge is -2.29. The molecule has 1 aliphatic carbocycles. The second kappa shape index (κ2) is 4.58. The molecule has 1 heterocycles. The van der Waals surface area contributed by atoms with Gasteiger partial charge in [-0.2, -0.15) is 5.10 Å². The van der Waals surface area contributed by atoms with Crippen LogP contribution in [0.2, 0.25) is 0 Å². The first kappa shape index (κ1) is 11.5. The topological polar surface area (TPSA) is 43.8 Å². The van der Waals surface area contributed by atoms with Gasteiger partial charge in [0.25, 0.3) is 0 Å². The monoisotopic (exact) mass is 241 g/mol. The maximum atomic E-state index is 5.80. The zero-order chi connectivity index (χ0) is 12.5. The van der Waals surface area contributed by atoms with E-state index in [4.69, 9.17) is 5.73 Å². The Morgan fingerprint density at radius 2 is 2.28 bits per heavy atom. The Bertz CT molecular complexity index is 542. The smallest absolute Gasteiger partial charge is 0.0522 e. The van der Waals surface area contributed by atoms with Crippen molar-refractivity contribution in [1.29, 1.82) is 0 Å². The van der Waals surface area contributed by atoms with E-state index in [1.54, 1.807) is 0 Å². The molecule has 0 aliphatic heterocycles. The number of fused-ring (bicyclic) bond motifs is 1. The van der Waals surface area contributed by atoms with Gasteiger partial charge in [-0.05, 0) is 36.5 Å². The largest absolute Gasteiger partial charge is 0.328 e. The average Bonchev–Trinajstić information content (AvgIpc) is 2.73. The molecule has 1 aromatic heterocycles. The van der Waals surface area contributed by atoms with Crippen molar-refractivity contribution in [2.45, 2.75) is 38.3 Å². The highest BCUT2D eigenvalue weighted by Gasteiger charge is 2.25. The van der Waals surface area contributed by atoms with Gasteiger partial charge in [-0.3, -0.25) is 4.68 Å². The molecule has 0 saturated heterocycles. The lowest BCUT2D eigenvalue weighted by atomic mass is 9.78. The van der Waals surface area contributed by atoms with Gasteiger partial charge in [-0.25, -0.2) is 0 Å². The van der Waals surface area contributed by atoms with Gasteiger partial charge in [-0.15, -0.1) is 0 Å². The molecule has 0 fully saturated rings. The highest BCUT2D eigenvalue weighted by Crippen LogP contribution is 2.35. The van der Waals surface area contributed by atoms with Gasteiger partial charge in [0.05, 0.1) is 6.20 Å². The van der Waals surface area contributed by atoms with Crippen LogP contribution in [0.1, 0.15) is 29.5 Å². The van der Waals surface area contributed by atoms with Crippen molar-refractivity contribution < 1.29 is 0 Å². The predicted octanol–water partition coefficient (Wildman–Crippen LogP) is 2.11. The van der Waals surface area contributed by atoms with E-state index >= 15 is 0 Å². The molecule has 3 rings (SSSR count). The summed E-state index contributed by atoms with van der Waals surface area (Å²) in [6.45, 7) is 3.01. The molecule has 0 bridgehead atoms. The summed E-state index contributed by atoms with van der Waals surface area (Å²) in [7, 11) is 0.